The van der Waals surface area contributed by atoms with Crippen LogP contribution in [0.15, 0.2) is 12.2 Å². The molecule has 0 saturated heterocycles. The van der Waals surface area contributed by atoms with Crippen molar-refractivity contribution >= 4 is 5.97 Å². The molecule has 2 atom stereocenters. The van der Waals surface area contributed by atoms with Crippen molar-refractivity contribution in [1.82, 2.24) is 0 Å². The Hall–Kier alpha value is -0.830. The van der Waals surface area contributed by atoms with Crippen LogP contribution >= 0.6 is 0 Å². The zero-order chi connectivity index (χ0) is 12.0. The van der Waals surface area contributed by atoms with Crippen molar-refractivity contribution in [1.29, 1.82) is 0 Å². The Labute approximate surface area is 92.1 Å². The SMILES string of the molecule is CC(C)/C=C\[C@H](C)[C@H](O)C(=O)OC(C)C. The molecule has 0 rings (SSSR count). The van der Waals surface area contributed by atoms with E-state index in [0.717, 1.165) is 0 Å². The van der Waals surface area contributed by atoms with Gasteiger partial charge < -0.3 is 9.84 Å². The zero-order valence-electron chi connectivity index (χ0n) is 10.2. The number of aliphatic hydroxyl groups excluding tert-OH is 1. The van der Waals surface area contributed by atoms with Crippen LogP contribution in [0.25, 0.3) is 0 Å². The fraction of sp³-hybridized carbons (Fsp3) is 0.750. The fourth-order valence-corrected chi connectivity index (χ4v) is 1.02. The van der Waals surface area contributed by atoms with Crippen LogP contribution in [-0.4, -0.2) is 23.3 Å². The summed E-state index contributed by atoms with van der Waals surface area (Å²) in [6, 6.07) is 0. The Balaban J connectivity index is 4.19. The normalized spacial score (nSPS) is 16.0. The number of rotatable bonds is 5. The minimum atomic E-state index is -1.07. The van der Waals surface area contributed by atoms with Crippen molar-refractivity contribution in [3.63, 3.8) is 0 Å². The standard InChI is InChI=1S/C12H22O3/c1-8(2)6-7-10(5)11(13)12(14)15-9(3)4/h6-11,13H,1-5H3/b7-6-/t10-,11-/m0/s1. The molecule has 88 valence electrons. The number of aliphatic hydroxyl groups is 1. The minimum Gasteiger partial charge on any atom is -0.461 e. The van der Waals surface area contributed by atoms with Gasteiger partial charge in [0, 0.05) is 5.92 Å². The number of carbonyl (C=O) groups is 1. The number of hydrogen-bond acceptors (Lipinski definition) is 3. The first-order valence-electron chi connectivity index (χ1n) is 5.41. The summed E-state index contributed by atoms with van der Waals surface area (Å²) in [7, 11) is 0. The van der Waals surface area contributed by atoms with Crippen LogP contribution in [0.2, 0.25) is 0 Å². The Kier molecular flexibility index (Phi) is 6.25. The van der Waals surface area contributed by atoms with E-state index in [9.17, 15) is 9.90 Å². The van der Waals surface area contributed by atoms with E-state index < -0.39 is 12.1 Å². The molecule has 0 bridgehead atoms. The van der Waals surface area contributed by atoms with Crippen LogP contribution in [0, 0.1) is 11.8 Å². The number of carbonyl (C=O) groups excluding carboxylic acids is 1. The van der Waals surface area contributed by atoms with Crippen LogP contribution in [0.1, 0.15) is 34.6 Å². The van der Waals surface area contributed by atoms with Gasteiger partial charge in [-0.2, -0.15) is 0 Å². The predicted octanol–water partition coefficient (Wildman–Crippen LogP) is 2.15. The first kappa shape index (κ1) is 14.2. The van der Waals surface area contributed by atoms with Gasteiger partial charge in [-0.25, -0.2) is 4.79 Å². The molecule has 0 spiro atoms. The average molecular weight is 214 g/mol. The molecule has 0 radical (unpaired) electrons. The lowest BCUT2D eigenvalue weighted by Crippen LogP contribution is -2.30. The monoisotopic (exact) mass is 214 g/mol. The van der Waals surface area contributed by atoms with Gasteiger partial charge in [-0.15, -0.1) is 0 Å². The molecule has 0 amide bonds. The third-order valence-corrected chi connectivity index (χ3v) is 1.89. The molecule has 3 nitrogen and oxygen atoms in total. The van der Waals surface area contributed by atoms with E-state index in [-0.39, 0.29) is 12.0 Å². The van der Waals surface area contributed by atoms with Gasteiger partial charge in [-0.1, -0.05) is 32.9 Å². The van der Waals surface area contributed by atoms with E-state index in [2.05, 4.69) is 0 Å². The van der Waals surface area contributed by atoms with Gasteiger partial charge in [-0.05, 0) is 19.8 Å². The summed E-state index contributed by atoms with van der Waals surface area (Å²) in [6.45, 7) is 9.41. The van der Waals surface area contributed by atoms with E-state index in [1.54, 1.807) is 20.8 Å². The molecule has 0 aromatic rings. The largest absolute Gasteiger partial charge is 0.461 e. The molecule has 0 unspecified atom stereocenters. The second-order valence-electron chi connectivity index (χ2n) is 4.42. The highest BCUT2D eigenvalue weighted by atomic mass is 16.6. The highest BCUT2D eigenvalue weighted by molar-refractivity contribution is 5.75. The lowest BCUT2D eigenvalue weighted by atomic mass is 10.0. The molecule has 0 aliphatic rings. The zero-order valence-corrected chi connectivity index (χ0v) is 10.2. The third kappa shape index (κ3) is 6.28. The lowest BCUT2D eigenvalue weighted by Gasteiger charge is -2.16. The molecule has 0 saturated carbocycles. The maximum absolute atomic E-state index is 11.3. The van der Waals surface area contributed by atoms with Crippen LogP contribution in [0.3, 0.4) is 0 Å². The molecule has 0 heterocycles. The molecule has 3 heteroatoms. The van der Waals surface area contributed by atoms with E-state index in [1.165, 1.54) is 0 Å². The summed E-state index contributed by atoms with van der Waals surface area (Å²) in [5.74, 6) is -0.342. The summed E-state index contributed by atoms with van der Waals surface area (Å²) in [4.78, 5) is 11.3. The van der Waals surface area contributed by atoms with Gasteiger partial charge in [0.1, 0.15) is 0 Å². The third-order valence-electron chi connectivity index (χ3n) is 1.89. The first-order chi connectivity index (χ1) is 6.84. The van der Waals surface area contributed by atoms with Crippen molar-refractivity contribution in [2.24, 2.45) is 11.8 Å². The summed E-state index contributed by atoms with van der Waals surface area (Å²) < 4.78 is 4.92. The van der Waals surface area contributed by atoms with E-state index in [1.807, 2.05) is 26.0 Å². The van der Waals surface area contributed by atoms with Crippen LogP contribution in [-0.2, 0) is 9.53 Å². The predicted molar refractivity (Wildman–Crippen MR) is 60.4 cm³/mol. The highest BCUT2D eigenvalue weighted by Crippen LogP contribution is 2.09. The quantitative estimate of drug-likeness (QED) is 0.563. The van der Waals surface area contributed by atoms with Gasteiger partial charge in [0.05, 0.1) is 6.10 Å². The van der Waals surface area contributed by atoms with Crippen molar-refractivity contribution in [3.8, 4) is 0 Å². The number of allylic oxidation sites excluding steroid dienone is 1. The summed E-state index contributed by atoms with van der Waals surface area (Å²) in [5.41, 5.74) is 0. The van der Waals surface area contributed by atoms with Gasteiger partial charge >= 0.3 is 5.97 Å². The number of ether oxygens (including phenoxy) is 1. The molecule has 15 heavy (non-hydrogen) atoms. The maximum Gasteiger partial charge on any atom is 0.335 e. The van der Waals surface area contributed by atoms with Crippen LogP contribution < -0.4 is 0 Å². The van der Waals surface area contributed by atoms with Gasteiger partial charge in [-0.3, -0.25) is 0 Å². The summed E-state index contributed by atoms with van der Waals surface area (Å²) >= 11 is 0. The first-order valence-corrected chi connectivity index (χ1v) is 5.41. The van der Waals surface area contributed by atoms with Gasteiger partial charge in [0.25, 0.3) is 0 Å². The second-order valence-corrected chi connectivity index (χ2v) is 4.42. The molecule has 0 aromatic carbocycles. The fourth-order valence-electron chi connectivity index (χ4n) is 1.02. The van der Waals surface area contributed by atoms with E-state index >= 15 is 0 Å². The van der Waals surface area contributed by atoms with Crippen molar-refractivity contribution < 1.29 is 14.6 Å². The van der Waals surface area contributed by atoms with Crippen molar-refractivity contribution in [3.05, 3.63) is 12.2 Å². The molecule has 0 aliphatic heterocycles. The number of esters is 1. The molecule has 0 fully saturated rings. The van der Waals surface area contributed by atoms with E-state index in [4.69, 9.17) is 4.74 Å². The smallest absolute Gasteiger partial charge is 0.335 e. The Morgan fingerprint density at radius 3 is 2.07 bits per heavy atom. The van der Waals surface area contributed by atoms with E-state index in [0.29, 0.717) is 5.92 Å². The Bertz CT molecular complexity index is 219. The summed E-state index contributed by atoms with van der Waals surface area (Å²) in [5, 5.41) is 9.62. The minimum absolute atomic E-state index is 0.187. The lowest BCUT2D eigenvalue weighted by molar-refractivity contribution is -0.159. The molecular weight excluding hydrogens is 192 g/mol. The van der Waals surface area contributed by atoms with Crippen LogP contribution in [0.5, 0.6) is 0 Å². The molecule has 0 aliphatic carbocycles. The number of hydrogen-bond donors (Lipinski definition) is 1. The average Bonchev–Trinajstić information content (AvgIpc) is 2.11. The maximum atomic E-state index is 11.3. The Morgan fingerprint density at radius 1 is 1.13 bits per heavy atom. The molecular formula is C12H22O3. The summed E-state index contributed by atoms with van der Waals surface area (Å²) in [6.07, 6.45) is 2.56. The van der Waals surface area contributed by atoms with Gasteiger partial charge in [0.15, 0.2) is 6.10 Å². The highest BCUT2D eigenvalue weighted by Gasteiger charge is 2.22. The molecule has 1 N–H and O–H groups in total. The van der Waals surface area contributed by atoms with Crippen LogP contribution in [0.4, 0.5) is 0 Å². The topological polar surface area (TPSA) is 46.5 Å². The Morgan fingerprint density at radius 2 is 1.67 bits per heavy atom. The molecule has 0 aromatic heterocycles. The second kappa shape index (κ2) is 6.62. The van der Waals surface area contributed by atoms with Crippen molar-refractivity contribution in [2.75, 3.05) is 0 Å². The van der Waals surface area contributed by atoms with Crippen molar-refractivity contribution in [2.45, 2.75) is 46.8 Å². The van der Waals surface area contributed by atoms with Gasteiger partial charge in [0.2, 0.25) is 0 Å².